The van der Waals surface area contributed by atoms with Gasteiger partial charge in [-0.25, -0.2) is 4.79 Å². The molecule has 37 heavy (non-hydrogen) atoms. The van der Waals surface area contributed by atoms with Crippen LogP contribution in [0.25, 0.3) is 11.0 Å². The van der Waals surface area contributed by atoms with Gasteiger partial charge in [-0.05, 0) is 43.0 Å². The van der Waals surface area contributed by atoms with E-state index in [0.29, 0.717) is 17.5 Å². The fraction of sp³-hybridized carbons (Fsp3) is 0.407. The van der Waals surface area contributed by atoms with Gasteiger partial charge >= 0.3 is 5.63 Å². The molecule has 0 radical (unpaired) electrons. The number of aromatic hydroxyl groups is 1. The Hall–Kier alpha value is -3.28. The van der Waals surface area contributed by atoms with Crippen LogP contribution in [0.2, 0.25) is 0 Å². The number of aliphatic hydroxyl groups is 3. The lowest BCUT2D eigenvalue weighted by molar-refractivity contribution is -0.279. The van der Waals surface area contributed by atoms with E-state index in [-0.39, 0.29) is 23.1 Å². The summed E-state index contributed by atoms with van der Waals surface area (Å²) in [5, 5.41) is 44.8. The summed E-state index contributed by atoms with van der Waals surface area (Å²) in [7, 11) is 1.34. The van der Waals surface area contributed by atoms with Crippen molar-refractivity contribution in [1.82, 2.24) is 0 Å². The van der Waals surface area contributed by atoms with Gasteiger partial charge < -0.3 is 39.6 Å². The van der Waals surface area contributed by atoms with E-state index in [1.165, 1.54) is 13.2 Å². The molecule has 0 saturated carbocycles. The number of carbonyl (C=O) groups is 1. The fourth-order valence-electron chi connectivity index (χ4n) is 4.83. The van der Waals surface area contributed by atoms with Gasteiger partial charge in [-0.15, -0.1) is 0 Å². The quantitative estimate of drug-likeness (QED) is 0.298. The number of carbonyl (C=O) groups excluding carboxylic acids is 1. The van der Waals surface area contributed by atoms with Crippen LogP contribution in [0.5, 0.6) is 5.75 Å². The molecule has 0 aliphatic carbocycles. The second-order valence-corrected chi connectivity index (χ2v) is 9.45. The van der Waals surface area contributed by atoms with Gasteiger partial charge in [0.05, 0.1) is 12.0 Å². The van der Waals surface area contributed by atoms with Crippen LogP contribution in [0.1, 0.15) is 36.1 Å². The van der Waals surface area contributed by atoms with Crippen molar-refractivity contribution in [2.45, 2.75) is 56.7 Å². The molecule has 5 atom stereocenters. The normalized spacial score (nSPS) is 25.8. The second kappa shape index (κ2) is 10.6. The molecule has 4 rings (SSSR count). The number of methoxy groups -OCH3 is 1. The van der Waals surface area contributed by atoms with Crippen molar-refractivity contribution < 1.29 is 39.1 Å². The first-order valence-corrected chi connectivity index (χ1v) is 11.9. The summed E-state index contributed by atoms with van der Waals surface area (Å²) >= 11 is 0. The Balaban J connectivity index is 1.64. The van der Waals surface area contributed by atoms with Crippen LogP contribution < -0.4 is 10.9 Å². The molecule has 1 fully saturated rings. The largest absolute Gasteiger partial charge is 0.505 e. The average molecular weight is 514 g/mol. The predicted octanol–water partition coefficient (Wildman–Crippen LogP) is 1.94. The number of anilines is 1. The molecule has 1 amide bonds. The minimum absolute atomic E-state index is 0.0344. The standard InChI is InChI=1S/C27H31NO9/c1-14-16(24-21(32)22(33)25(35-3)27(2,13-29)37-24)10-11-17-20(31)19(26(34)36-23(14)17)28-18(30)12-9-15-7-5-4-6-8-15/h4-8,10-11,21-22,24-25,29,31-33H,9,12-13H2,1-3H3,(H,28,30)/t21-,22-,24+,25-,27-/m1/s1. The van der Waals surface area contributed by atoms with Gasteiger partial charge in [-0.3, -0.25) is 4.79 Å². The molecule has 1 aliphatic rings. The van der Waals surface area contributed by atoms with Gasteiger partial charge in [-0.2, -0.15) is 0 Å². The van der Waals surface area contributed by atoms with E-state index in [1.807, 2.05) is 30.3 Å². The minimum Gasteiger partial charge on any atom is -0.505 e. The molecule has 1 aromatic heterocycles. The SMILES string of the molecule is CO[C@@H]1[C@H](O)[C@@H](O)[C@H](c2ccc3c(O)c(NC(=O)CCc4ccccc4)c(=O)oc3c2C)O[C@]1(C)CO. The van der Waals surface area contributed by atoms with Gasteiger partial charge in [0.15, 0.2) is 11.4 Å². The summed E-state index contributed by atoms with van der Waals surface area (Å²) in [6, 6.07) is 12.4. The topological polar surface area (TPSA) is 159 Å². The van der Waals surface area contributed by atoms with Crippen LogP contribution >= 0.6 is 0 Å². The van der Waals surface area contributed by atoms with Crippen molar-refractivity contribution >= 4 is 22.6 Å². The molecule has 2 aromatic carbocycles. The lowest BCUT2D eigenvalue weighted by Gasteiger charge is -2.48. The van der Waals surface area contributed by atoms with Gasteiger partial charge in [0, 0.05) is 13.5 Å². The molecular formula is C27H31NO9. The molecule has 5 N–H and O–H groups in total. The zero-order valence-corrected chi connectivity index (χ0v) is 20.8. The lowest BCUT2D eigenvalue weighted by atomic mass is 9.83. The van der Waals surface area contributed by atoms with E-state index in [9.17, 15) is 30.0 Å². The summed E-state index contributed by atoms with van der Waals surface area (Å²) in [6.07, 6.45) is -4.30. The van der Waals surface area contributed by atoms with Gasteiger partial charge in [0.1, 0.15) is 35.6 Å². The first-order chi connectivity index (χ1) is 17.6. The maximum Gasteiger partial charge on any atom is 0.364 e. The Morgan fingerprint density at radius 1 is 1.14 bits per heavy atom. The fourth-order valence-corrected chi connectivity index (χ4v) is 4.83. The molecule has 0 spiro atoms. The Morgan fingerprint density at radius 3 is 2.49 bits per heavy atom. The highest BCUT2D eigenvalue weighted by Gasteiger charge is 2.52. The monoisotopic (exact) mass is 513 g/mol. The number of rotatable bonds is 7. The van der Waals surface area contributed by atoms with Crippen LogP contribution in [-0.4, -0.2) is 64.0 Å². The molecule has 3 aromatic rings. The smallest absolute Gasteiger partial charge is 0.364 e. The van der Waals surface area contributed by atoms with E-state index in [1.54, 1.807) is 19.9 Å². The second-order valence-electron chi connectivity index (χ2n) is 9.45. The molecule has 0 unspecified atom stereocenters. The highest BCUT2D eigenvalue weighted by molar-refractivity contribution is 5.97. The summed E-state index contributed by atoms with van der Waals surface area (Å²) in [5.41, 5.74) is -0.874. The zero-order chi connectivity index (χ0) is 26.9. The summed E-state index contributed by atoms with van der Waals surface area (Å²) in [5.74, 6) is -0.901. The third-order valence-corrected chi connectivity index (χ3v) is 6.93. The number of benzene rings is 2. The number of aryl methyl sites for hydroxylation is 2. The molecule has 2 heterocycles. The number of aliphatic hydroxyl groups excluding tert-OH is 3. The van der Waals surface area contributed by atoms with E-state index >= 15 is 0 Å². The van der Waals surface area contributed by atoms with E-state index < -0.39 is 53.9 Å². The van der Waals surface area contributed by atoms with Crippen LogP contribution in [-0.2, 0) is 20.7 Å². The highest BCUT2D eigenvalue weighted by atomic mass is 16.6. The molecule has 1 saturated heterocycles. The summed E-state index contributed by atoms with van der Waals surface area (Å²) < 4.78 is 16.7. The van der Waals surface area contributed by atoms with Crippen molar-refractivity contribution in [3.8, 4) is 5.75 Å². The lowest BCUT2D eigenvalue weighted by Crippen LogP contribution is -2.62. The number of ether oxygens (including phenoxy) is 2. The van der Waals surface area contributed by atoms with E-state index in [2.05, 4.69) is 5.32 Å². The first-order valence-electron chi connectivity index (χ1n) is 11.9. The van der Waals surface area contributed by atoms with Crippen molar-refractivity contribution in [1.29, 1.82) is 0 Å². The van der Waals surface area contributed by atoms with Crippen LogP contribution in [0.4, 0.5) is 5.69 Å². The number of amides is 1. The van der Waals surface area contributed by atoms with Crippen molar-refractivity contribution in [3.63, 3.8) is 0 Å². The summed E-state index contributed by atoms with van der Waals surface area (Å²) in [6.45, 7) is 2.68. The molecular weight excluding hydrogens is 482 g/mol. The molecule has 198 valence electrons. The minimum atomic E-state index is -1.41. The van der Waals surface area contributed by atoms with Gasteiger partial charge in [0.2, 0.25) is 5.91 Å². The Bertz CT molecular complexity index is 1340. The van der Waals surface area contributed by atoms with Crippen LogP contribution in [0.3, 0.4) is 0 Å². The summed E-state index contributed by atoms with van der Waals surface area (Å²) in [4.78, 5) is 25.2. The molecule has 1 aliphatic heterocycles. The van der Waals surface area contributed by atoms with Crippen molar-refractivity contribution in [2.24, 2.45) is 0 Å². The Kier molecular flexibility index (Phi) is 7.67. The molecule has 0 bridgehead atoms. The predicted molar refractivity (Wildman–Crippen MR) is 134 cm³/mol. The van der Waals surface area contributed by atoms with Gasteiger partial charge in [-0.1, -0.05) is 36.4 Å². The van der Waals surface area contributed by atoms with E-state index in [0.717, 1.165) is 5.56 Å². The third kappa shape index (κ3) is 4.98. The van der Waals surface area contributed by atoms with Crippen molar-refractivity contribution in [2.75, 3.05) is 19.0 Å². The maximum absolute atomic E-state index is 12.7. The van der Waals surface area contributed by atoms with Crippen LogP contribution in [0, 0.1) is 6.92 Å². The van der Waals surface area contributed by atoms with E-state index in [4.69, 9.17) is 13.9 Å². The number of nitrogens with one attached hydrogen (secondary N) is 1. The first kappa shape index (κ1) is 26.8. The molecule has 10 nitrogen and oxygen atoms in total. The number of hydrogen-bond donors (Lipinski definition) is 5. The number of hydrogen-bond acceptors (Lipinski definition) is 9. The Labute approximate surface area is 213 Å². The van der Waals surface area contributed by atoms with Gasteiger partial charge in [0.25, 0.3) is 0 Å². The Morgan fingerprint density at radius 2 is 1.84 bits per heavy atom. The third-order valence-electron chi connectivity index (χ3n) is 6.93. The highest BCUT2D eigenvalue weighted by Crippen LogP contribution is 2.42. The molecule has 10 heteroatoms. The number of fused-ring (bicyclic) bond motifs is 1. The zero-order valence-electron chi connectivity index (χ0n) is 20.8. The van der Waals surface area contributed by atoms with Crippen molar-refractivity contribution in [3.05, 3.63) is 69.6 Å². The van der Waals surface area contributed by atoms with Crippen LogP contribution in [0.15, 0.2) is 51.7 Å². The maximum atomic E-state index is 12.7. The average Bonchev–Trinajstić information content (AvgIpc) is 2.89.